The van der Waals surface area contributed by atoms with Crippen molar-refractivity contribution < 1.29 is 42.9 Å². The number of nitrogens with two attached hydrogens (primary N) is 1. The van der Waals surface area contributed by atoms with E-state index in [4.69, 9.17) is 29.4 Å². The van der Waals surface area contributed by atoms with Crippen LogP contribution in [-0.2, 0) is 30.2 Å². The van der Waals surface area contributed by atoms with Crippen LogP contribution < -0.4 is 21.1 Å². The second kappa shape index (κ2) is 17.3. The molecule has 3 unspecified atom stereocenters. The summed E-state index contributed by atoms with van der Waals surface area (Å²) in [5.41, 5.74) is 5.60. The van der Waals surface area contributed by atoms with Gasteiger partial charge in [0, 0.05) is 32.6 Å². The molecule has 3 rings (SSSR count). The molecule has 0 radical (unpaired) electrons. The third kappa shape index (κ3) is 13.2. The van der Waals surface area contributed by atoms with Crippen molar-refractivity contribution in [2.24, 2.45) is 10.7 Å². The molecule has 4 N–H and O–H groups in total. The lowest BCUT2D eigenvalue weighted by atomic mass is 10.1. The van der Waals surface area contributed by atoms with Gasteiger partial charge in [-0.3, -0.25) is 4.90 Å². The molecule has 2 aliphatic rings. The zero-order chi connectivity index (χ0) is 35.5. The molecule has 2 aliphatic heterocycles. The monoisotopic (exact) mass is 676 g/mol. The molecule has 268 valence electrons. The van der Waals surface area contributed by atoms with E-state index in [1.807, 2.05) is 0 Å². The van der Waals surface area contributed by atoms with Crippen LogP contribution in [-0.4, -0.2) is 122 Å². The van der Waals surface area contributed by atoms with Crippen LogP contribution in [0.1, 0.15) is 59.9 Å². The zero-order valence-electron chi connectivity index (χ0n) is 29.2. The number of ether oxygens (including phenoxy) is 5. The minimum absolute atomic E-state index is 0.00918. The minimum atomic E-state index is -0.948. The summed E-state index contributed by atoms with van der Waals surface area (Å²) in [6.07, 6.45) is -1.31. The number of cyclic esters (lactones) is 1. The summed E-state index contributed by atoms with van der Waals surface area (Å²) < 4.78 is 27.0. The van der Waals surface area contributed by atoms with E-state index in [1.54, 1.807) is 65.8 Å². The molecule has 0 aliphatic carbocycles. The molecule has 15 heteroatoms. The first-order chi connectivity index (χ1) is 22.5. The molecule has 0 aromatic heterocycles. The second-order valence-corrected chi connectivity index (χ2v) is 13.8. The standard InChI is InChI=1S/C33H52N6O9/c1-32(2,3)47-29(41)36-25(28(40)44-7)19-22-10-12-23(13-11-22)45-21-24-20-39(31(43)46-24)26(9-8-16-38-17-14-35-15-18-38)27(34)37-30(42)48-33(4,5)6/h10-13,24-26,35H,8-9,14-21H2,1-7H3,(H,36,41)(H2,34,37,42). The van der Waals surface area contributed by atoms with Gasteiger partial charge >= 0.3 is 24.2 Å². The number of piperazine rings is 1. The molecular formula is C33H52N6O9. The Kier molecular flexibility index (Phi) is 13.8. The Bertz CT molecular complexity index is 1270. The highest BCUT2D eigenvalue weighted by Crippen LogP contribution is 2.21. The maximum atomic E-state index is 13.0. The number of amides is 3. The first-order valence-electron chi connectivity index (χ1n) is 16.3. The molecule has 2 heterocycles. The van der Waals surface area contributed by atoms with Gasteiger partial charge < -0.3 is 45.0 Å². The fourth-order valence-corrected chi connectivity index (χ4v) is 5.19. The molecule has 48 heavy (non-hydrogen) atoms. The molecule has 0 saturated carbocycles. The highest BCUT2D eigenvalue weighted by atomic mass is 16.6. The number of benzene rings is 1. The van der Waals surface area contributed by atoms with Crippen LogP contribution in [0.2, 0.25) is 0 Å². The summed E-state index contributed by atoms with van der Waals surface area (Å²) in [5.74, 6) is -0.0979. The molecule has 3 atom stereocenters. The van der Waals surface area contributed by atoms with Crippen molar-refractivity contribution >= 4 is 30.1 Å². The first-order valence-corrected chi connectivity index (χ1v) is 16.3. The van der Waals surface area contributed by atoms with Crippen molar-refractivity contribution in [3.05, 3.63) is 29.8 Å². The maximum absolute atomic E-state index is 13.0. The number of nitrogens with zero attached hydrogens (tertiary/aromatic N) is 3. The van der Waals surface area contributed by atoms with Crippen molar-refractivity contribution in [3.63, 3.8) is 0 Å². The Hall–Kier alpha value is -4.11. The fraction of sp³-hybridized carbons (Fsp3) is 0.667. The van der Waals surface area contributed by atoms with Crippen molar-refractivity contribution in [1.82, 2.24) is 20.4 Å². The van der Waals surface area contributed by atoms with Gasteiger partial charge in [0.1, 0.15) is 35.4 Å². The van der Waals surface area contributed by atoms with Crippen LogP contribution in [0.3, 0.4) is 0 Å². The SMILES string of the molecule is COC(=O)C(Cc1ccc(OCC2CN(C(CCCN3CCNCC3)C(N)=NC(=O)OC(C)(C)C)C(=O)O2)cc1)NC(=O)OC(C)(C)C. The van der Waals surface area contributed by atoms with Gasteiger partial charge in [-0.25, -0.2) is 19.2 Å². The van der Waals surface area contributed by atoms with E-state index >= 15 is 0 Å². The Morgan fingerprint density at radius 2 is 1.71 bits per heavy atom. The average molecular weight is 677 g/mol. The van der Waals surface area contributed by atoms with Crippen LogP contribution in [0.25, 0.3) is 0 Å². The van der Waals surface area contributed by atoms with E-state index in [9.17, 15) is 19.2 Å². The number of rotatable bonds is 13. The van der Waals surface area contributed by atoms with E-state index in [2.05, 4.69) is 20.5 Å². The van der Waals surface area contributed by atoms with Gasteiger partial charge in [-0.15, -0.1) is 0 Å². The van der Waals surface area contributed by atoms with Crippen LogP contribution in [0.15, 0.2) is 29.3 Å². The third-order valence-corrected chi connectivity index (χ3v) is 7.37. The Labute approximate surface area is 282 Å². The Morgan fingerprint density at radius 3 is 2.31 bits per heavy atom. The van der Waals surface area contributed by atoms with E-state index in [1.165, 1.54) is 12.0 Å². The number of esters is 1. The summed E-state index contributed by atoms with van der Waals surface area (Å²) in [6.45, 7) is 15.2. The van der Waals surface area contributed by atoms with Gasteiger partial charge in [0.25, 0.3) is 0 Å². The number of amidine groups is 1. The molecule has 1 aromatic rings. The molecule has 2 saturated heterocycles. The number of carbonyl (C=O) groups excluding carboxylic acids is 4. The van der Waals surface area contributed by atoms with Gasteiger partial charge in [-0.05, 0) is 78.6 Å². The summed E-state index contributed by atoms with van der Waals surface area (Å²) >= 11 is 0. The number of alkyl carbamates (subject to hydrolysis) is 1. The van der Waals surface area contributed by atoms with Crippen molar-refractivity contribution in [2.45, 2.75) is 90.2 Å². The number of hydrogen-bond acceptors (Lipinski definition) is 11. The van der Waals surface area contributed by atoms with E-state index in [0.29, 0.717) is 12.2 Å². The molecular weight excluding hydrogens is 624 g/mol. The highest BCUT2D eigenvalue weighted by molar-refractivity contribution is 5.96. The van der Waals surface area contributed by atoms with Crippen LogP contribution >= 0.6 is 0 Å². The highest BCUT2D eigenvalue weighted by Gasteiger charge is 2.38. The fourth-order valence-electron chi connectivity index (χ4n) is 5.19. The molecule has 0 spiro atoms. The van der Waals surface area contributed by atoms with Crippen LogP contribution in [0, 0.1) is 0 Å². The lowest BCUT2D eigenvalue weighted by Crippen LogP contribution is -2.47. The van der Waals surface area contributed by atoms with Gasteiger partial charge in [0.15, 0.2) is 6.10 Å². The number of carbonyl (C=O) groups is 4. The summed E-state index contributed by atoms with van der Waals surface area (Å²) in [7, 11) is 1.25. The first kappa shape index (κ1) is 38.3. The van der Waals surface area contributed by atoms with Gasteiger partial charge in [0.2, 0.25) is 0 Å². The Balaban J connectivity index is 1.60. The van der Waals surface area contributed by atoms with Crippen LogP contribution in [0.5, 0.6) is 5.75 Å². The number of nitrogens with one attached hydrogen (secondary N) is 2. The number of hydrogen-bond donors (Lipinski definition) is 3. The molecule has 15 nitrogen and oxygen atoms in total. The lowest BCUT2D eigenvalue weighted by Gasteiger charge is -2.29. The number of aliphatic imine (C=N–C) groups is 1. The largest absolute Gasteiger partial charge is 0.490 e. The molecule has 2 fully saturated rings. The zero-order valence-corrected chi connectivity index (χ0v) is 29.2. The topological polar surface area (TPSA) is 183 Å². The predicted octanol–water partition coefficient (Wildman–Crippen LogP) is 2.84. The lowest BCUT2D eigenvalue weighted by molar-refractivity contribution is -0.143. The van der Waals surface area contributed by atoms with E-state index in [-0.39, 0.29) is 25.4 Å². The van der Waals surface area contributed by atoms with Gasteiger partial charge in [-0.2, -0.15) is 4.99 Å². The van der Waals surface area contributed by atoms with Crippen molar-refractivity contribution in [2.75, 3.05) is 53.0 Å². The third-order valence-electron chi connectivity index (χ3n) is 7.37. The summed E-state index contributed by atoms with van der Waals surface area (Å²) in [5, 5.41) is 5.89. The predicted molar refractivity (Wildman–Crippen MR) is 178 cm³/mol. The molecule has 0 bridgehead atoms. The molecule has 3 amide bonds. The normalized spacial score (nSPS) is 18.8. The van der Waals surface area contributed by atoms with Gasteiger partial charge in [-0.1, -0.05) is 12.1 Å². The van der Waals surface area contributed by atoms with Crippen molar-refractivity contribution in [1.29, 1.82) is 0 Å². The van der Waals surface area contributed by atoms with Crippen molar-refractivity contribution in [3.8, 4) is 5.75 Å². The van der Waals surface area contributed by atoms with Crippen LogP contribution in [0.4, 0.5) is 14.4 Å². The quantitative estimate of drug-likeness (QED) is 0.120. The second-order valence-electron chi connectivity index (χ2n) is 13.8. The maximum Gasteiger partial charge on any atom is 0.435 e. The summed E-state index contributed by atoms with van der Waals surface area (Å²) in [4.78, 5) is 57.8. The Morgan fingerprint density at radius 1 is 1.06 bits per heavy atom. The van der Waals surface area contributed by atoms with Gasteiger partial charge in [0.05, 0.1) is 19.7 Å². The van der Waals surface area contributed by atoms with E-state index < -0.39 is 53.6 Å². The average Bonchev–Trinajstić information content (AvgIpc) is 3.36. The molecule has 1 aromatic carbocycles. The number of methoxy groups -OCH3 is 1. The summed E-state index contributed by atoms with van der Waals surface area (Å²) in [6, 6.07) is 5.35. The minimum Gasteiger partial charge on any atom is -0.490 e. The smallest absolute Gasteiger partial charge is 0.435 e. The van der Waals surface area contributed by atoms with E-state index in [0.717, 1.165) is 44.7 Å².